The summed E-state index contributed by atoms with van der Waals surface area (Å²) >= 11 is 0. The van der Waals surface area contributed by atoms with Gasteiger partial charge >= 0.3 is 5.97 Å². The van der Waals surface area contributed by atoms with E-state index in [1.807, 2.05) is 0 Å². The molecule has 1 heterocycles. The van der Waals surface area contributed by atoms with E-state index in [1.54, 1.807) is 0 Å². The van der Waals surface area contributed by atoms with Crippen LogP contribution < -0.4 is 5.32 Å². The molecule has 0 bridgehead atoms. The smallest absolute Gasteiger partial charge is 0.305 e. The number of esters is 1. The summed E-state index contributed by atoms with van der Waals surface area (Å²) < 4.78 is 4.62. The molecule has 0 aromatic rings. The van der Waals surface area contributed by atoms with Crippen molar-refractivity contribution in [2.24, 2.45) is 11.8 Å². The van der Waals surface area contributed by atoms with Gasteiger partial charge in [0.25, 0.3) is 0 Å². The van der Waals surface area contributed by atoms with E-state index < -0.39 is 0 Å². The molecular weight excluding hydrogens is 190 g/mol. The van der Waals surface area contributed by atoms with Crippen molar-refractivity contribution in [1.82, 2.24) is 5.32 Å². The van der Waals surface area contributed by atoms with E-state index in [9.17, 15) is 4.79 Å². The average Bonchev–Trinajstić information content (AvgIpc) is 2.04. The fraction of sp³-hybridized carbons (Fsp3) is 0.889. The lowest BCUT2D eigenvalue weighted by atomic mass is 9.90. The predicted octanol–water partition coefficient (Wildman–Crippen LogP) is 1.22. The highest BCUT2D eigenvalue weighted by molar-refractivity contribution is 5.85. The zero-order chi connectivity index (χ0) is 8.97. The fourth-order valence-corrected chi connectivity index (χ4v) is 1.74. The van der Waals surface area contributed by atoms with Crippen LogP contribution in [-0.4, -0.2) is 26.2 Å². The number of methoxy groups -OCH3 is 1. The fourth-order valence-electron chi connectivity index (χ4n) is 1.74. The number of hydrogen-bond acceptors (Lipinski definition) is 3. The van der Waals surface area contributed by atoms with E-state index in [2.05, 4.69) is 17.0 Å². The van der Waals surface area contributed by atoms with Crippen LogP contribution in [0, 0.1) is 11.8 Å². The summed E-state index contributed by atoms with van der Waals surface area (Å²) in [6.07, 6.45) is 1.70. The van der Waals surface area contributed by atoms with Gasteiger partial charge in [-0.2, -0.15) is 0 Å². The van der Waals surface area contributed by atoms with Crippen LogP contribution in [0.15, 0.2) is 0 Å². The van der Waals surface area contributed by atoms with Gasteiger partial charge in [0.15, 0.2) is 0 Å². The summed E-state index contributed by atoms with van der Waals surface area (Å²) in [4.78, 5) is 10.9. The topological polar surface area (TPSA) is 38.3 Å². The number of nitrogens with one attached hydrogen (secondary N) is 1. The first kappa shape index (κ1) is 12.7. The normalized spacial score (nSPS) is 27.5. The van der Waals surface area contributed by atoms with E-state index in [0.717, 1.165) is 19.5 Å². The molecule has 1 N–H and O–H groups in total. The van der Waals surface area contributed by atoms with Gasteiger partial charge in [0.05, 0.1) is 7.11 Å². The van der Waals surface area contributed by atoms with E-state index in [1.165, 1.54) is 7.11 Å². The molecule has 2 atom stereocenters. The van der Waals surface area contributed by atoms with Gasteiger partial charge in [0.1, 0.15) is 0 Å². The van der Waals surface area contributed by atoms with Crippen molar-refractivity contribution in [3.05, 3.63) is 0 Å². The molecule has 0 aromatic heterocycles. The zero-order valence-corrected chi connectivity index (χ0v) is 9.02. The summed E-state index contributed by atoms with van der Waals surface area (Å²) in [6, 6.07) is 0. The molecule has 1 aliphatic heterocycles. The average molecular weight is 208 g/mol. The first-order chi connectivity index (χ1) is 5.72. The second-order valence-corrected chi connectivity index (χ2v) is 3.65. The lowest BCUT2D eigenvalue weighted by Gasteiger charge is -2.26. The monoisotopic (exact) mass is 207 g/mol. The number of halogens is 1. The Balaban J connectivity index is 0.00000144. The van der Waals surface area contributed by atoms with E-state index in [4.69, 9.17) is 0 Å². The Morgan fingerprint density at radius 3 is 2.77 bits per heavy atom. The van der Waals surface area contributed by atoms with Crippen LogP contribution in [0.3, 0.4) is 0 Å². The molecule has 0 aromatic carbocycles. The van der Waals surface area contributed by atoms with Crippen LogP contribution in [0.25, 0.3) is 0 Å². The van der Waals surface area contributed by atoms with Gasteiger partial charge in [-0.1, -0.05) is 6.92 Å². The van der Waals surface area contributed by atoms with Crippen LogP contribution >= 0.6 is 12.4 Å². The van der Waals surface area contributed by atoms with Crippen molar-refractivity contribution in [3.63, 3.8) is 0 Å². The summed E-state index contributed by atoms with van der Waals surface area (Å²) in [5.74, 6) is 1.07. The quantitative estimate of drug-likeness (QED) is 0.692. The third-order valence-electron chi connectivity index (χ3n) is 2.34. The maximum atomic E-state index is 10.9. The van der Waals surface area contributed by atoms with Crippen molar-refractivity contribution in [1.29, 1.82) is 0 Å². The largest absolute Gasteiger partial charge is 0.469 e. The highest BCUT2D eigenvalue weighted by atomic mass is 35.5. The summed E-state index contributed by atoms with van der Waals surface area (Å²) in [5.41, 5.74) is 0. The first-order valence-corrected chi connectivity index (χ1v) is 4.50. The van der Waals surface area contributed by atoms with Crippen LogP contribution in [0.1, 0.15) is 19.8 Å². The van der Waals surface area contributed by atoms with Gasteiger partial charge in [-0.15, -0.1) is 12.4 Å². The first-order valence-electron chi connectivity index (χ1n) is 4.50. The summed E-state index contributed by atoms with van der Waals surface area (Å²) in [7, 11) is 1.45. The Bertz CT molecular complexity index is 164. The minimum atomic E-state index is -0.0871. The van der Waals surface area contributed by atoms with Crippen molar-refractivity contribution in [2.45, 2.75) is 19.8 Å². The van der Waals surface area contributed by atoms with Crippen LogP contribution in [0.4, 0.5) is 0 Å². The molecule has 1 saturated heterocycles. The van der Waals surface area contributed by atoms with Crippen molar-refractivity contribution in [3.8, 4) is 0 Å². The maximum Gasteiger partial charge on any atom is 0.305 e. The molecule has 0 aliphatic carbocycles. The van der Waals surface area contributed by atoms with Gasteiger partial charge in [-0.05, 0) is 31.3 Å². The van der Waals surface area contributed by atoms with Crippen molar-refractivity contribution < 1.29 is 9.53 Å². The van der Waals surface area contributed by atoms with Gasteiger partial charge in [-0.3, -0.25) is 4.79 Å². The van der Waals surface area contributed by atoms with E-state index >= 15 is 0 Å². The predicted molar refractivity (Wildman–Crippen MR) is 54.0 cm³/mol. The Kier molecular flexibility index (Phi) is 6.08. The van der Waals surface area contributed by atoms with Crippen molar-refractivity contribution in [2.75, 3.05) is 20.2 Å². The van der Waals surface area contributed by atoms with Crippen LogP contribution in [0.5, 0.6) is 0 Å². The lowest BCUT2D eigenvalue weighted by Crippen LogP contribution is -2.36. The Labute approximate surface area is 85.6 Å². The SMILES string of the molecule is COC(=O)CC1CNCC(C)C1.Cl. The Morgan fingerprint density at radius 2 is 2.23 bits per heavy atom. The third-order valence-corrected chi connectivity index (χ3v) is 2.34. The number of piperidine rings is 1. The molecule has 4 heteroatoms. The minimum absolute atomic E-state index is 0. The van der Waals surface area contributed by atoms with E-state index in [-0.39, 0.29) is 18.4 Å². The molecule has 0 spiro atoms. The molecule has 2 unspecified atom stereocenters. The summed E-state index contributed by atoms with van der Waals surface area (Å²) in [5, 5.41) is 3.31. The number of carbonyl (C=O) groups is 1. The molecule has 0 radical (unpaired) electrons. The van der Waals surface area contributed by atoms with Gasteiger partial charge < -0.3 is 10.1 Å². The lowest BCUT2D eigenvalue weighted by molar-refractivity contribution is -0.141. The third kappa shape index (κ3) is 4.48. The number of ether oxygens (including phenoxy) is 1. The molecule has 3 nitrogen and oxygen atoms in total. The Morgan fingerprint density at radius 1 is 1.54 bits per heavy atom. The van der Waals surface area contributed by atoms with Gasteiger partial charge in [0, 0.05) is 6.42 Å². The van der Waals surface area contributed by atoms with Crippen LogP contribution in [0.2, 0.25) is 0 Å². The number of carbonyl (C=O) groups excluding carboxylic acids is 1. The highest BCUT2D eigenvalue weighted by Crippen LogP contribution is 2.18. The maximum absolute atomic E-state index is 10.9. The number of rotatable bonds is 2. The molecule has 0 saturated carbocycles. The molecule has 78 valence electrons. The molecule has 1 aliphatic rings. The zero-order valence-electron chi connectivity index (χ0n) is 8.21. The minimum Gasteiger partial charge on any atom is -0.469 e. The van der Waals surface area contributed by atoms with Crippen LogP contribution in [-0.2, 0) is 9.53 Å². The number of hydrogen-bond donors (Lipinski definition) is 1. The van der Waals surface area contributed by atoms with Crippen molar-refractivity contribution >= 4 is 18.4 Å². The molecule has 1 rings (SSSR count). The second kappa shape index (κ2) is 6.22. The summed E-state index contributed by atoms with van der Waals surface area (Å²) in [6.45, 7) is 4.24. The van der Waals surface area contributed by atoms with Gasteiger partial charge in [-0.25, -0.2) is 0 Å². The molecule has 1 fully saturated rings. The molecule has 13 heavy (non-hydrogen) atoms. The standard InChI is InChI=1S/C9H17NO2.ClH/c1-7-3-8(6-10-5-7)4-9(11)12-2;/h7-8,10H,3-6H2,1-2H3;1H. The second-order valence-electron chi connectivity index (χ2n) is 3.65. The molecule has 0 amide bonds. The Hall–Kier alpha value is -0.280. The van der Waals surface area contributed by atoms with E-state index in [0.29, 0.717) is 18.3 Å². The molecular formula is C9H18ClNO2. The highest BCUT2D eigenvalue weighted by Gasteiger charge is 2.20. The van der Waals surface area contributed by atoms with Gasteiger partial charge in [0.2, 0.25) is 0 Å².